The number of nitrogens with zero attached hydrogens (tertiary/aromatic N) is 3. The molecule has 0 amide bonds. The molecule has 0 unspecified atom stereocenters. The molecule has 0 aliphatic carbocycles. The van der Waals surface area contributed by atoms with Gasteiger partial charge in [0.2, 0.25) is 0 Å². The largest absolute Gasteiger partial charge is 0.461 e. The Morgan fingerprint density at radius 1 is 0.917 bits per heavy atom. The normalized spacial score (nSPS) is 10.6. The molecular formula is C16H25N3O5. The zero-order chi connectivity index (χ0) is 18.1. The molecule has 1 aromatic heterocycles. The van der Waals surface area contributed by atoms with Gasteiger partial charge in [0.15, 0.2) is 0 Å². The van der Waals surface area contributed by atoms with Crippen LogP contribution in [0.2, 0.25) is 0 Å². The summed E-state index contributed by atoms with van der Waals surface area (Å²) in [6, 6.07) is 0. The van der Waals surface area contributed by atoms with Gasteiger partial charge in [-0.25, -0.2) is 32.9 Å². The van der Waals surface area contributed by atoms with Gasteiger partial charge in [0, 0.05) is 19.2 Å². The molecule has 1 heterocycles. The second kappa shape index (κ2) is 9.69. The van der Waals surface area contributed by atoms with Crippen molar-refractivity contribution in [1.82, 2.24) is 13.7 Å². The minimum atomic E-state index is -0.666. The van der Waals surface area contributed by atoms with Gasteiger partial charge < -0.3 is 4.74 Å². The van der Waals surface area contributed by atoms with E-state index in [1.807, 2.05) is 13.8 Å². The highest BCUT2D eigenvalue weighted by Gasteiger charge is 2.15. The van der Waals surface area contributed by atoms with E-state index in [0.29, 0.717) is 12.8 Å². The Kier molecular flexibility index (Phi) is 7.94. The van der Waals surface area contributed by atoms with Crippen molar-refractivity contribution in [2.75, 3.05) is 6.61 Å². The van der Waals surface area contributed by atoms with E-state index >= 15 is 0 Å². The summed E-state index contributed by atoms with van der Waals surface area (Å²) in [5, 5.41) is 0. The molecule has 0 bridgehead atoms. The number of aromatic nitrogens is 3. The van der Waals surface area contributed by atoms with Crippen LogP contribution < -0.4 is 17.1 Å². The van der Waals surface area contributed by atoms with Crippen molar-refractivity contribution >= 4 is 5.97 Å². The number of hydrogen-bond donors (Lipinski definition) is 0. The molecule has 0 saturated carbocycles. The van der Waals surface area contributed by atoms with Crippen molar-refractivity contribution in [1.29, 1.82) is 0 Å². The molecule has 24 heavy (non-hydrogen) atoms. The predicted octanol–water partition coefficient (Wildman–Crippen LogP) is 0.501. The third kappa shape index (κ3) is 4.81. The van der Waals surface area contributed by atoms with E-state index in [0.717, 1.165) is 32.6 Å². The Morgan fingerprint density at radius 3 is 1.71 bits per heavy atom. The first-order chi connectivity index (χ1) is 11.5. The van der Waals surface area contributed by atoms with Crippen LogP contribution in [-0.4, -0.2) is 26.3 Å². The molecule has 0 saturated heterocycles. The lowest BCUT2D eigenvalue weighted by molar-refractivity contribution is -0.138. The maximum atomic E-state index is 12.4. The van der Waals surface area contributed by atoms with Crippen LogP contribution in [-0.2, 0) is 29.2 Å². The number of unbranched alkanes of at least 4 members (excludes halogenated alkanes) is 2. The highest BCUT2D eigenvalue weighted by molar-refractivity contribution is 5.81. The van der Waals surface area contributed by atoms with Gasteiger partial charge in [0.05, 0.1) is 6.54 Å². The zero-order valence-electron chi connectivity index (χ0n) is 14.3. The third-order valence-corrected chi connectivity index (χ3v) is 3.58. The summed E-state index contributed by atoms with van der Waals surface area (Å²) in [5.74, 6) is -0.631. The third-order valence-electron chi connectivity index (χ3n) is 3.58. The number of esters is 1. The fraction of sp³-hybridized carbons (Fsp3) is 0.625. The smallest absolute Gasteiger partial charge is 0.336 e. The van der Waals surface area contributed by atoms with E-state index in [2.05, 4.69) is 6.58 Å². The molecule has 1 rings (SSSR count). The second-order valence-corrected chi connectivity index (χ2v) is 5.38. The summed E-state index contributed by atoms with van der Waals surface area (Å²) in [5.41, 5.74) is -1.91. The Bertz CT molecular complexity index is 695. The molecule has 0 spiro atoms. The number of ether oxygens (including phenoxy) is 1. The fourth-order valence-electron chi connectivity index (χ4n) is 2.19. The summed E-state index contributed by atoms with van der Waals surface area (Å²) in [4.78, 5) is 48.4. The second-order valence-electron chi connectivity index (χ2n) is 5.38. The molecule has 8 nitrogen and oxygen atoms in total. The van der Waals surface area contributed by atoms with Gasteiger partial charge in [-0.3, -0.25) is 0 Å². The first-order valence-corrected chi connectivity index (χ1v) is 8.21. The van der Waals surface area contributed by atoms with Crippen LogP contribution in [0, 0.1) is 0 Å². The van der Waals surface area contributed by atoms with Crippen LogP contribution in [0.1, 0.15) is 39.5 Å². The quantitative estimate of drug-likeness (QED) is 0.457. The maximum absolute atomic E-state index is 12.4. The lowest BCUT2D eigenvalue weighted by Crippen LogP contribution is -2.55. The van der Waals surface area contributed by atoms with Gasteiger partial charge in [-0.1, -0.05) is 33.3 Å². The summed E-state index contributed by atoms with van der Waals surface area (Å²) in [6.45, 7) is 7.45. The predicted molar refractivity (Wildman–Crippen MR) is 90.2 cm³/mol. The topological polar surface area (TPSA) is 92.3 Å². The molecule has 134 valence electrons. The Balaban J connectivity index is 3.26. The number of hydrogen-bond acceptors (Lipinski definition) is 5. The number of carbonyl (C=O) groups excluding carboxylic acids is 1. The molecule has 0 N–H and O–H groups in total. The monoisotopic (exact) mass is 339 g/mol. The van der Waals surface area contributed by atoms with Crippen LogP contribution in [0.3, 0.4) is 0 Å². The SMILES string of the molecule is C=CC(=O)OCCn1c(=O)n(CCCC)c(=O)n(CCCC)c1=O. The first kappa shape index (κ1) is 19.7. The Hall–Kier alpha value is -2.38. The molecule has 0 aliphatic rings. The first-order valence-electron chi connectivity index (χ1n) is 8.21. The zero-order valence-corrected chi connectivity index (χ0v) is 14.3. The lowest BCUT2D eigenvalue weighted by atomic mass is 10.3. The van der Waals surface area contributed by atoms with E-state index in [9.17, 15) is 19.2 Å². The van der Waals surface area contributed by atoms with Gasteiger partial charge in [-0.2, -0.15) is 0 Å². The van der Waals surface area contributed by atoms with Crippen molar-refractivity contribution in [3.63, 3.8) is 0 Å². The van der Waals surface area contributed by atoms with Crippen LogP contribution >= 0.6 is 0 Å². The van der Waals surface area contributed by atoms with E-state index in [-0.39, 0.29) is 26.2 Å². The van der Waals surface area contributed by atoms with Crippen molar-refractivity contribution < 1.29 is 9.53 Å². The van der Waals surface area contributed by atoms with Crippen molar-refractivity contribution in [3.05, 3.63) is 44.1 Å². The van der Waals surface area contributed by atoms with Gasteiger partial charge >= 0.3 is 23.0 Å². The van der Waals surface area contributed by atoms with Gasteiger partial charge in [-0.15, -0.1) is 0 Å². The molecule has 0 radical (unpaired) electrons. The number of rotatable bonds is 10. The molecule has 0 fully saturated rings. The number of carbonyl (C=O) groups is 1. The fourth-order valence-corrected chi connectivity index (χ4v) is 2.19. The average Bonchev–Trinajstić information content (AvgIpc) is 2.57. The van der Waals surface area contributed by atoms with Crippen LogP contribution in [0.4, 0.5) is 0 Å². The minimum Gasteiger partial charge on any atom is -0.461 e. The Labute approximate surface area is 140 Å². The minimum absolute atomic E-state index is 0.101. The van der Waals surface area contributed by atoms with E-state index in [4.69, 9.17) is 4.74 Å². The summed E-state index contributed by atoms with van der Waals surface area (Å²) in [7, 11) is 0. The van der Waals surface area contributed by atoms with Gasteiger partial charge in [-0.05, 0) is 12.8 Å². The molecule has 1 aromatic rings. The van der Waals surface area contributed by atoms with Gasteiger partial charge in [0.25, 0.3) is 0 Å². The van der Waals surface area contributed by atoms with Crippen LogP contribution in [0.25, 0.3) is 0 Å². The van der Waals surface area contributed by atoms with Crippen LogP contribution in [0.5, 0.6) is 0 Å². The average molecular weight is 339 g/mol. The van der Waals surface area contributed by atoms with Crippen molar-refractivity contribution in [2.45, 2.75) is 59.2 Å². The molecule has 0 aromatic carbocycles. The van der Waals surface area contributed by atoms with E-state index in [1.165, 1.54) is 0 Å². The molecular weight excluding hydrogens is 314 g/mol. The summed E-state index contributed by atoms with van der Waals surface area (Å²) < 4.78 is 7.93. The van der Waals surface area contributed by atoms with Crippen LogP contribution in [0.15, 0.2) is 27.0 Å². The highest BCUT2D eigenvalue weighted by Crippen LogP contribution is 1.91. The molecule has 0 atom stereocenters. The van der Waals surface area contributed by atoms with E-state index in [1.54, 1.807) is 0 Å². The summed E-state index contributed by atoms with van der Waals surface area (Å²) >= 11 is 0. The van der Waals surface area contributed by atoms with Crippen molar-refractivity contribution in [2.24, 2.45) is 0 Å². The Morgan fingerprint density at radius 2 is 1.33 bits per heavy atom. The summed E-state index contributed by atoms with van der Waals surface area (Å²) in [6.07, 6.45) is 3.96. The molecule has 0 aliphatic heterocycles. The highest BCUT2D eigenvalue weighted by atomic mass is 16.5. The lowest BCUT2D eigenvalue weighted by Gasteiger charge is -2.13. The van der Waals surface area contributed by atoms with E-state index < -0.39 is 23.0 Å². The maximum Gasteiger partial charge on any atom is 0.336 e. The molecule has 8 heteroatoms. The van der Waals surface area contributed by atoms with Gasteiger partial charge in [0.1, 0.15) is 6.61 Å². The standard InChI is InChI=1S/C16H25N3O5/c1-4-7-9-17-14(21)18(10-8-5-2)16(23)19(15(17)22)11-12-24-13(20)6-3/h6H,3-5,7-12H2,1-2H3. The van der Waals surface area contributed by atoms with Crippen molar-refractivity contribution in [3.8, 4) is 0 Å².